The van der Waals surface area contributed by atoms with Gasteiger partial charge in [0.2, 0.25) is 0 Å². The Balaban J connectivity index is 3.23. The van der Waals surface area contributed by atoms with Crippen molar-refractivity contribution < 1.29 is 0 Å². The third kappa shape index (κ3) is 3.59. The molecule has 0 heteroatoms. The largest absolute Gasteiger partial charge is 0.0955 e. The predicted octanol–water partition coefficient (Wildman–Crippen LogP) is 5.65. The molecule has 0 bridgehead atoms. The summed E-state index contributed by atoms with van der Waals surface area (Å²) in [7, 11) is 0. The fourth-order valence-corrected chi connectivity index (χ4v) is 1.90. The van der Waals surface area contributed by atoms with E-state index >= 15 is 0 Å². The van der Waals surface area contributed by atoms with Crippen molar-refractivity contribution in [2.24, 2.45) is 0 Å². The second-order valence-electron chi connectivity index (χ2n) is 4.45. The minimum atomic E-state index is 1.10. The monoisotopic (exact) mass is 238 g/mol. The third-order valence-electron chi connectivity index (χ3n) is 2.86. The smallest absolute Gasteiger partial charge is 0.0158 e. The van der Waals surface area contributed by atoms with Gasteiger partial charge in [-0.1, -0.05) is 60.7 Å². The van der Waals surface area contributed by atoms with E-state index in [2.05, 4.69) is 62.1 Å². The second-order valence-corrected chi connectivity index (χ2v) is 4.45. The van der Waals surface area contributed by atoms with E-state index in [-0.39, 0.29) is 0 Å². The Labute approximate surface area is 111 Å². The number of hydrogen-bond acceptors (Lipinski definition) is 0. The van der Waals surface area contributed by atoms with E-state index in [1.807, 2.05) is 20.8 Å². The average Bonchev–Trinajstić information content (AvgIpc) is 2.36. The zero-order chi connectivity index (χ0) is 13.5. The second kappa shape index (κ2) is 6.80. The fraction of sp³-hybridized carbons (Fsp3) is 0.222. The highest BCUT2D eigenvalue weighted by Crippen LogP contribution is 2.23. The molecule has 0 aliphatic rings. The van der Waals surface area contributed by atoms with Crippen LogP contribution in [0.4, 0.5) is 0 Å². The highest BCUT2D eigenvalue weighted by Gasteiger charge is 2.01. The molecule has 0 radical (unpaired) electrons. The van der Waals surface area contributed by atoms with Crippen molar-refractivity contribution in [1.29, 1.82) is 0 Å². The first-order valence-corrected chi connectivity index (χ1v) is 6.32. The van der Waals surface area contributed by atoms with Crippen LogP contribution in [-0.2, 0) is 0 Å². The number of hydrogen-bond donors (Lipinski definition) is 0. The molecule has 0 saturated carbocycles. The van der Waals surface area contributed by atoms with Crippen LogP contribution in [0.3, 0.4) is 0 Å². The first-order chi connectivity index (χ1) is 8.60. The summed E-state index contributed by atoms with van der Waals surface area (Å²) in [6, 6.07) is 8.58. The molecular formula is C18H22. The van der Waals surface area contributed by atoms with E-state index in [0.29, 0.717) is 0 Å². The van der Waals surface area contributed by atoms with E-state index < -0.39 is 0 Å². The van der Waals surface area contributed by atoms with Gasteiger partial charge in [-0.2, -0.15) is 0 Å². The normalized spacial score (nSPS) is 13.1. The molecular weight excluding hydrogens is 216 g/mol. The Kier molecular flexibility index (Phi) is 5.38. The van der Waals surface area contributed by atoms with Gasteiger partial charge in [0.05, 0.1) is 0 Å². The lowest BCUT2D eigenvalue weighted by atomic mass is 9.97. The Hall–Kier alpha value is -1.82. The Morgan fingerprint density at radius 1 is 0.889 bits per heavy atom. The van der Waals surface area contributed by atoms with Gasteiger partial charge in [0.15, 0.2) is 0 Å². The molecule has 0 aliphatic heterocycles. The quantitative estimate of drug-likeness (QED) is 0.595. The van der Waals surface area contributed by atoms with Crippen LogP contribution in [0.5, 0.6) is 0 Å². The summed E-state index contributed by atoms with van der Waals surface area (Å²) < 4.78 is 0. The molecule has 1 aromatic rings. The van der Waals surface area contributed by atoms with E-state index in [0.717, 1.165) is 5.57 Å². The summed E-state index contributed by atoms with van der Waals surface area (Å²) in [6.07, 6.45) is 8.45. The van der Waals surface area contributed by atoms with Crippen LogP contribution in [0.2, 0.25) is 0 Å². The van der Waals surface area contributed by atoms with Crippen LogP contribution < -0.4 is 0 Å². The maximum absolute atomic E-state index is 3.96. The van der Waals surface area contributed by atoms with Gasteiger partial charge in [-0.25, -0.2) is 0 Å². The topological polar surface area (TPSA) is 0 Å². The molecule has 1 rings (SSSR count). The van der Waals surface area contributed by atoms with E-state index in [1.165, 1.54) is 22.3 Å². The summed E-state index contributed by atoms with van der Waals surface area (Å²) >= 11 is 0. The number of benzene rings is 1. The molecule has 0 aliphatic carbocycles. The molecule has 0 heterocycles. The van der Waals surface area contributed by atoms with Crippen LogP contribution in [0.1, 0.15) is 38.8 Å². The minimum absolute atomic E-state index is 1.10. The Morgan fingerprint density at radius 2 is 1.39 bits per heavy atom. The lowest BCUT2D eigenvalue weighted by Gasteiger charge is -2.08. The van der Waals surface area contributed by atoms with Crippen LogP contribution in [0, 0.1) is 0 Å². The first-order valence-electron chi connectivity index (χ1n) is 6.32. The van der Waals surface area contributed by atoms with Crippen molar-refractivity contribution >= 4 is 11.1 Å². The highest BCUT2D eigenvalue weighted by molar-refractivity contribution is 5.79. The molecule has 0 N–H and O–H groups in total. The van der Waals surface area contributed by atoms with Gasteiger partial charge >= 0.3 is 0 Å². The van der Waals surface area contributed by atoms with Crippen molar-refractivity contribution in [3.63, 3.8) is 0 Å². The SMILES string of the molecule is C=C(C)c1ccc(C(/C=C\C)=C(C)/C=C\C)cc1. The van der Waals surface area contributed by atoms with Crippen LogP contribution in [0.15, 0.2) is 60.7 Å². The molecule has 0 fully saturated rings. The van der Waals surface area contributed by atoms with Gasteiger partial charge in [-0.15, -0.1) is 0 Å². The van der Waals surface area contributed by atoms with Gasteiger partial charge in [0, 0.05) is 0 Å². The van der Waals surface area contributed by atoms with Gasteiger partial charge in [-0.3, -0.25) is 0 Å². The zero-order valence-corrected chi connectivity index (χ0v) is 11.8. The van der Waals surface area contributed by atoms with Crippen molar-refractivity contribution in [1.82, 2.24) is 0 Å². The molecule has 0 aromatic heterocycles. The van der Waals surface area contributed by atoms with Crippen molar-refractivity contribution in [3.8, 4) is 0 Å². The summed E-state index contributed by atoms with van der Waals surface area (Å²) in [5.41, 5.74) is 6.08. The highest BCUT2D eigenvalue weighted by atomic mass is 14.1. The molecule has 0 saturated heterocycles. The Bertz CT molecular complexity index is 493. The maximum Gasteiger partial charge on any atom is -0.0158 e. The molecule has 1 aromatic carbocycles. The fourth-order valence-electron chi connectivity index (χ4n) is 1.90. The predicted molar refractivity (Wildman–Crippen MR) is 83.4 cm³/mol. The molecule has 0 nitrogen and oxygen atoms in total. The average molecular weight is 238 g/mol. The van der Waals surface area contributed by atoms with Gasteiger partial charge in [0.1, 0.15) is 0 Å². The van der Waals surface area contributed by atoms with Gasteiger partial charge in [0.25, 0.3) is 0 Å². The van der Waals surface area contributed by atoms with Gasteiger partial charge in [-0.05, 0) is 50.0 Å². The summed E-state index contributed by atoms with van der Waals surface area (Å²) in [4.78, 5) is 0. The van der Waals surface area contributed by atoms with Gasteiger partial charge < -0.3 is 0 Å². The van der Waals surface area contributed by atoms with E-state index in [9.17, 15) is 0 Å². The number of allylic oxidation sites excluding steroid dienone is 7. The third-order valence-corrected chi connectivity index (χ3v) is 2.86. The first kappa shape index (κ1) is 14.2. The summed E-state index contributed by atoms with van der Waals surface area (Å²) in [5, 5.41) is 0. The summed E-state index contributed by atoms with van der Waals surface area (Å²) in [6.45, 7) is 12.2. The molecule has 94 valence electrons. The van der Waals surface area contributed by atoms with Crippen LogP contribution in [-0.4, -0.2) is 0 Å². The molecule has 0 atom stereocenters. The lowest BCUT2D eigenvalue weighted by Crippen LogP contribution is -1.86. The van der Waals surface area contributed by atoms with Crippen LogP contribution >= 0.6 is 0 Å². The minimum Gasteiger partial charge on any atom is -0.0955 e. The molecule has 0 unspecified atom stereocenters. The van der Waals surface area contributed by atoms with E-state index in [4.69, 9.17) is 0 Å². The Morgan fingerprint density at radius 3 is 1.83 bits per heavy atom. The zero-order valence-electron chi connectivity index (χ0n) is 11.8. The van der Waals surface area contributed by atoms with E-state index in [1.54, 1.807) is 0 Å². The lowest BCUT2D eigenvalue weighted by molar-refractivity contribution is 1.47. The van der Waals surface area contributed by atoms with Crippen LogP contribution in [0.25, 0.3) is 11.1 Å². The molecule has 18 heavy (non-hydrogen) atoms. The van der Waals surface area contributed by atoms with Crippen molar-refractivity contribution in [2.75, 3.05) is 0 Å². The number of rotatable bonds is 4. The molecule has 0 spiro atoms. The summed E-state index contributed by atoms with van der Waals surface area (Å²) in [5.74, 6) is 0. The standard InChI is InChI=1S/C18H22/c1-6-8-15(5)18(9-7-2)17-12-10-16(11-13-17)14(3)4/h6-13H,3H2,1-2,4-5H3/b8-6-,9-7-,18-15+. The van der Waals surface area contributed by atoms with Crippen molar-refractivity contribution in [2.45, 2.75) is 27.7 Å². The van der Waals surface area contributed by atoms with Crippen molar-refractivity contribution in [3.05, 3.63) is 71.8 Å². The molecule has 0 amide bonds. The maximum atomic E-state index is 3.96.